The summed E-state index contributed by atoms with van der Waals surface area (Å²) in [6.45, 7) is 6.17. The number of nitrogens with zero attached hydrogens (tertiary/aromatic N) is 4. The van der Waals surface area contributed by atoms with Crippen LogP contribution >= 0.6 is 38.5 Å². The van der Waals surface area contributed by atoms with Gasteiger partial charge in [-0.25, -0.2) is 0 Å². The van der Waals surface area contributed by atoms with Gasteiger partial charge in [-0.05, 0) is 83.6 Å². The first-order chi connectivity index (χ1) is 21.0. The third-order valence-electron chi connectivity index (χ3n) is 9.09. The number of amides is 1. The minimum Gasteiger partial charge on any atom is -0.395 e. The minimum absolute atomic E-state index is 0.0894. The van der Waals surface area contributed by atoms with Crippen LogP contribution in [0.15, 0.2) is 83.5 Å². The first-order valence-corrected chi connectivity index (χ1v) is 19.6. The Bertz CT molecular complexity index is 1670. The van der Waals surface area contributed by atoms with E-state index in [2.05, 4.69) is 54.9 Å². The summed E-state index contributed by atoms with van der Waals surface area (Å²) in [6.07, 6.45) is 1.83. The van der Waals surface area contributed by atoms with E-state index in [4.69, 9.17) is 4.74 Å². The number of halogens is 3. The van der Waals surface area contributed by atoms with Crippen molar-refractivity contribution in [3.05, 3.63) is 109 Å². The summed E-state index contributed by atoms with van der Waals surface area (Å²) in [5.74, 6) is -0.797. The molecular weight excluding hydrogens is 754 g/mol. The highest BCUT2D eigenvalue weighted by Gasteiger charge is 2.66. The van der Waals surface area contributed by atoms with Gasteiger partial charge in [0.1, 0.15) is 0 Å². The zero-order valence-corrected chi connectivity index (χ0v) is 29.6. The van der Waals surface area contributed by atoms with Gasteiger partial charge >= 0.3 is 0 Å². The number of hydrogen-bond donors (Lipinski definition) is 1. The third kappa shape index (κ3) is 5.70. The molecule has 230 valence electrons. The smallest absolute Gasteiger partial charge is 0.264 e. The summed E-state index contributed by atoms with van der Waals surface area (Å²) >= 11 is 5.89. The number of carbonyl (C=O) groups is 1. The Morgan fingerprint density at radius 3 is 2.61 bits per heavy atom. The number of aryl methyl sites for hydroxylation is 1. The monoisotopic (exact) mass is 788 g/mol. The van der Waals surface area contributed by atoms with Crippen molar-refractivity contribution in [3.63, 3.8) is 0 Å². The second-order valence-electron chi connectivity index (χ2n) is 12.3. The van der Waals surface area contributed by atoms with Gasteiger partial charge in [-0.1, -0.05) is 70.5 Å². The topological polar surface area (TPSA) is 80.5 Å². The number of hydrogen-bond acceptors (Lipinski definition) is 5. The molecule has 1 aromatic heterocycles. The number of carbonyl (C=O) groups excluding carboxylic acids is 1. The molecule has 1 saturated heterocycles. The lowest BCUT2D eigenvalue weighted by molar-refractivity contribution is -0.146. The van der Waals surface area contributed by atoms with E-state index in [9.17, 15) is 9.90 Å². The lowest BCUT2D eigenvalue weighted by Gasteiger charge is -2.31. The van der Waals surface area contributed by atoms with Gasteiger partial charge in [-0.15, -0.1) is 5.10 Å². The SMILES string of the molecule is C[C@H]1[C@H]([Si](C)(C)F)[C@@H](CCn2cc(C(CO)c3ccccc3)nn2)O[C@]12C(=O)N(Cc1cccc(I)c1)c1ccc(Br)cc12. The molecule has 2 aliphatic rings. The Balaban J connectivity index is 1.30. The van der Waals surface area contributed by atoms with Crippen LogP contribution in [0.3, 0.4) is 0 Å². The van der Waals surface area contributed by atoms with Gasteiger partial charge in [-0.2, -0.15) is 0 Å². The zero-order chi connectivity index (χ0) is 31.2. The maximum Gasteiger partial charge on any atom is 0.264 e. The van der Waals surface area contributed by atoms with Crippen LogP contribution in [0.4, 0.5) is 9.80 Å². The molecule has 1 amide bonds. The van der Waals surface area contributed by atoms with Crippen molar-refractivity contribution >= 4 is 58.5 Å². The number of aromatic nitrogens is 3. The molecule has 11 heteroatoms. The maximum atomic E-state index is 16.2. The van der Waals surface area contributed by atoms with E-state index in [0.717, 1.165) is 30.4 Å². The standard InChI is InChI=1S/C33H35BrFIN4O3Si/c1-21-31(44(2,3)35)30(14-15-39-19-28(37-38-39)26(20-41)23-9-5-4-6-10-23)43-33(21)27-17-24(34)12-13-29(27)40(32(33)42)18-22-8-7-11-25(36)16-22/h4-13,16-17,19,21,26,30-31,41H,14-15,18,20H2,1-3H3/t21-,26?,30+,31-,33+/m0/s1. The lowest BCUT2D eigenvalue weighted by Crippen LogP contribution is -2.45. The molecule has 1 fully saturated rings. The highest BCUT2D eigenvalue weighted by atomic mass is 127. The van der Waals surface area contributed by atoms with E-state index in [0.29, 0.717) is 25.2 Å². The van der Waals surface area contributed by atoms with Gasteiger partial charge in [0.15, 0.2) is 5.60 Å². The average Bonchev–Trinajstić information content (AvgIpc) is 3.63. The fraction of sp³-hybridized carbons (Fsp3) is 0.364. The molecule has 0 aliphatic carbocycles. The summed E-state index contributed by atoms with van der Waals surface area (Å²) in [5.41, 5.74) is 2.55. The van der Waals surface area contributed by atoms with E-state index >= 15 is 4.11 Å². The number of fused-ring (bicyclic) bond motifs is 2. The number of aliphatic hydroxyl groups excluding tert-OH is 1. The Morgan fingerprint density at radius 2 is 1.91 bits per heavy atom. The summed E-state index contributed by atoms with van der Waals surface area (Å²) in [4.78, 5) is 16.4. The number of anilines is 1. The molecule has 3 aromatic carbocycles. The van der Waals surface area contributed by atoms with Gasteiger partial charge in [0, 0.05) is 37.8 Å². The molecule has 0 radical (unpaired) electrons. The molecule has 1 unspecified atom stereocenters. The fourth-order valence-corrected chi connectivity index (χ4v) is 10.7. The molecule has 7 nitrogen and oxygen atoms in total. The lowest BCUT2D eigenvalue weighted by atomic mass is 9.82. The third-order valence-corrected chi connectivity index (χ3v) is 12.7. The second kappa shape index (κ2) is 12.4. The Hall–Kier alpha value is -2.45. The first kappa shape index (κ1) is 31.5. The molecule has 5 atom stereocenters. The molecule has 2 aliphatic heterocycles. The number of rotatable bonds is 9. The van der Waals surface area contributed by atoms with Crippen LogP contribution < -0.4 is 4.90 Å². The molecule has 6 rings (SSSR count). The first-order valence-electron chi connectivity index (χ1n) is 14.8. The van der Waals surface area contributed by atoms with E-state index in [1.165, 1.54) is 0 Å². The van der Waals surface area contributed by atoms with Crippen molar-refractivity contribution in [2.75, 3.05) is 11.5 Å². The number of ether oxygens (including phenoxy) is 1. The van der Waals surface area contributed by atoms with Crippen LogP contribution in [-0.2, 0) is 28.2 Å². The van der Waals surface area contributed by atoms with Crippen LogP contribution in [0.25, 0.3) is 0 Å². The van der Waals surface area contributed by atoms with Crippen molar-refractivity contribution in [1.82, 2.24) is 15.0 Å². The van der Waals surface area contributed by atoms with Crippen LogP contribution in [0.1, 0.15) is 41.6 Å². The van der Waals surface area contributed by atoms with Gasteiger partial charge in [0.2, 0.25) is 8.41 Å². The number of benzene rings is 3. The van der Waals surface area contributed by atoms with Gasteiger partial charge < -0.3 is 18.9 Å². The normalized spacial score (nSPS) is 23.8. The molecule has 1 N–H and O–H groups in total. The largest absolute Gasteiger partial charge is 0.395 e. The summed E-state index contributed by atoms with van der Waals surface area (Å²) in [6, 6.07) is 23.7. The molecular formula is C33H35BrFIN4O3Si. The number of aliphatic hydroxyl groups is 1. The van der Waals surface area contributed by atoms with Crippen molar-refractivity contribution in [2.24, 2.45) is 5.92 Å². The van der Waals surface area contributed by atoms with Crippen LogP contribution in [0.2, 0.25) is 18.6 Å². The second-order valence-corrected chi connectivity index (χ2v) is 18.3. The fourth-order valence-electron chi connectivity index (χ4n) is 7.16. The van der Waals surface area contributed by atoms with Gasteiger partial charge in [0.25, 0.3) is 5.91 Å². The van der Waals surface area contributed by atoms with Crippen molar-refractivity contribution in [1.29, 1.82) is 0 Å². The van der Waals surface area contributed by atoms with Crippen molar-refractivity contribution < 1.29 is 18.7 Å². The van der Waals surface area contributed by atoms with Gasteiger partial charge in [0.05, 0.1) is 36.6 Å². The average molecular weight is 790 g/mol. The van der Waals surface area contributed by atoms with E-state index in [1.807, 2.05) is 79.9 Å². The minimum atomic E-state index is -3.30. The van der Waals surface area contributed by atoms with Gasteiger partial charge in [-0.3, -0.25) is 9.48 Å². The quantitative estimate of drug-likeness (QED) is 0.111. The van der Waals surface area contributed by atoms with E-state index in [-0.39, 0.29) is 24.3 Å². The highest BCUT2D eigenvalue weighted by molar-refractivity contribution is 14.1. The summed E-state index contributed by atoms with van der Waals surface area (Å²) in [5, 5.41) is 18.8. The predicted molar refractivity (Wildman–Crippen MR) is 183 cm³/mol. The molecule has 44 heavy (non-hydrogen) atoms. The Labute approximate surface area is 280 Å². The Morgan fingerprint density at radius 1 is 1.14 bits per heavy atom. The summed E-state index contributed by atoms with van der Waals surface area (Å²) < 4.78 is 26.8. The van der Waals surface area contributed by atoms with Crippen molar-refractivity contribution in [3.8, 4) is 0 Å². The molecule has 4 aromatic rings. The predicted octanol–water partition coefficient (Wildman–Crippen LogP) is 7.18. The van der Waals surface area contributed by atoms with Crippen LogP contribution in [0, 0.1) is 9.49 Å². The van der Waals surface area contributed by atoms with Crippen LogP contribution in [0.5, 0.6) is 0 Å². The van der Waals surface area contributed by atoms with E-state index in [1.54, 1.807) is 22.7 Å². The summed E-state index contributed by atoms with van der Waals surface area (Å²) in [7, 11) is -3.30. The maximum absolute atomic E-state index is 16.2. The molecule has 0 saturated carbocycles. The highest BCUT2D eigenvalue weighted by Crippen LogP contribution is 2.60. The molecule has 3 heterocycles. The van der Waals surface area contributed by atoms with Crippen molar-refractivity contribution in [2.45, 2.75) is 62.7 Å². The van der Waals surface area contributed by atoms with E-state index < -0.39 is 25.7 Å². The molecule has 1 spiro atoms. The molecule has 0 bridgehead atoms. The van der Waals surface area contributed by atoms with Crippen LogP contribution in [-0.4, -0.2) is 47.1 Å². The Kier molecular flexibility index (Phi) is 8.88. The zero-order valence-electron chi connectivity index (χ0n) is 24.8.